The van der Waals surface area contributed by atoms with Gasteiger partial charge in [-0.25, -0.2) is 0 Å². The van der Waals surface area contributed by atoms with Crippen LogP contribution < -0.4 is 16.1 Å². The molecular formula is C19H31N7S. The van der Waals surface area contributed by atoms with Crippen molar-refractivity contribution in [2.45, 2.75) is 25.7 Å². The number of aromatic nitrogens is 2. The normalized spacial score (nSPS) is 21.7. The number of nitrogens with zero attached hydrogens (tertiary/aromatic N) is 4. The Hall–Kier alpha value is -1.69. The first-order valence-electron chi connectivity index (χ1n) is 9.93. The fraction of sp³-hybridized carbons (Fsp3) is 0.737. The zero-order valence-corrected chi connectivity index (χ0v) is 17.2. The Morgan fingerprint density at radius 1 is 1.22 bits per heavy atom. The van der Waals surface area contributed by atoms with E-state index in [2.05, 4.69) is 21.6 Å². The van der Waals surface area contributed by atoms with Gasteiger partial charge >= 0.3 is 0 Å². The van der Waals surface area contributed by atoms with E-state index in [9.17, 15) is 5.26 Å². The molecule has 3 rings (SSSR count). The van der Waals surface area contributed by atoms with Gasteiger partial charge < -0.3 is 24.7 Å². The number of likely N-dealkylation sites (tertiary alicyclic amines) is 1. The van der Waals surface area contributed by atoms with Crippen molar-refractivity contribution in [3.8, 4) is 6.07 Å². The molecule has 2 saturated heterocycles. The predicted molar refractivity (Wildman–Crippen MR) is 109 cm³/mol. The van der Waals surface area contributed by atoms with E-state index in [1.165, 1.54) is 38.8 Å². The molecule has 0 aromatic carbocycles. The highest BCUT2D eigenvalue weighted by atomic mass is 32.1. The molecule has 0 spiro atoms. The fourth-order valence-corrected chi connectivity index (χ4v) is 4.51. The summed E-state index contributed by atoms with van der Waals surface area (Å²) < 4.78 is 3.92. The lowest BCUT2D eigenvalue weighted by Crippen LogP contribution is -2.42. The summed E-state index contributed by atoms with van der Waals surface area (Å²) in [5.41, 5.74) is 0.523. The van der Waals surface area contributed by atoms with Gasteiger partial charge in [-0.1, -0.05) is 0 Å². The van der Waals surface area contributed by atoms with E-state index in [0.29, 0.717) is 22.1 Å². The molecule has 27 heavy (non-hydrogen) atoms. The third kappa shape index (κ3) is 4.60. The highest BCUT2D eigenvalue weighted by Crippen LogP contribution is 2.21. The lowest BCUT2D eigenvalue weighted by molar-refractivity contribution is 0.144. The first-order chi connectivity index (χ1) is 13.0. The summed E-state index contributed by atoms with van der Waals surface area (Å²) in [6, 6.07) is 2.17. The van der Waals surface area contributed by atoms with E-state index in [0.717, 1.165) is 32.1 Å². The third-order valence-electron chi connectivity index (χ3n) is 5.97. The van der Waals surface area contributed by atoms with Crippen molar-refractivity contribution in [3.63, 3.8) is 0 Å². The van der Waals surface area contributed by atoms with Crippen molar-refractivity contribution in [1.82, 2.24) is 19.4 Å². The van der Waals surface area contributed by atoms with Crippen molar-refractivity contribution >= 4 is 18.0 Å². The Morgan fingerprint density at radius 3 is 2.67 bits per heavy atom. The number of hydrogen-bond acceptors (Lipinski definition) is 6. The van der Waals surface area contributed by atoms with Crippen molar-refractivity contribution in [3.05, 3.63) is 15.8 Å². The first kappa shape index (κ1) is 20.1. The highest BCUT2D eigenvalue weighted by Gasteiger charge is 2.24. The van der Waals surface area contributed by atoms with Crippen LogP contribution in [0, 0.1) is 33.3 Å². The van der Waals surface area contributed by atoms with E-state index >= 15 is 0 Å². The van der Waals surface area contributed by atoms with Gasteiger partial charge in [0.15, 0.2) is 4.77 Å². The predicted octanol–water partition coefficient (Wildman–Crippen LogP) is 1.57. The minimum atomic E-state index is 0.166. The summed E-state index contributed by atoms with van der Waals surface area (Å²) >= 11 is 5.40. The van der Waals surface area contributed by atoms with Crippen LogP contribution in [-0.2, 0) is 14.1 Å². The largest absolute Gasteiger partial charge is 0.370 e. The molecule has 3 N–H and O–H groups in total. The molecular weight excluding hydrogens is 358 g/mol. The average molecular weight is 390 g/mol. The van der Waals surface area contributed by atoms with Crippen LogP contribution in [0.3, 0.4) is 0 Å². The Bertz CT molecular complexity index is 813. The molecule has 1 atom stereocenters. The maximum Gasteiger partial charge on any atom is 0.182 e. The molecule has 0 bridgehead atoms. The van der Waals surface area contributed by atoms with Crippen LogP contribution in [0.4, 0.5) is 5.82 Å². The van der Waals surface area contributed by atoms with Gasteiger partial charge in [0.25, 0.3) is 0 Å². The van der Waals surface area contributed by atoms with Gasteiger partial charge in [-0.2, -0.15) is 5.26 Å². The minimum Gasteiger partial charge on any atom is -0.370 e. The quantitative estimate of drug-likeness (QED) is 0.666. The molecule has 0 saturated carbocycles. The minimum absolute atomic E-state index is 0.166. The maximum absolute atomic E-state index is 9.52. The number of piperidine rings is 2. The number of hydrogen-bond donors (Lipinski definition) is 3. The molecule has 7 nitrogen and oxygen atoms in total. The summed E-state index contributed by atoms with van der Waals surface area (Å²) in [5.74, 6) is 2.05. The molecule has 2 fully saturated rings. The van der Waals surface area contributed by atoms with E-state index in [1.807, 2.05) is 11.6 Å². The van der Waals surface area contributed by atoms with Crippen LogP contribution in [0.5, 0.6) is 0 Å². The zero-order chi connectivity index (χ0) is 19.4. The number of anilines is 1. The fourth-order valence-electron chi connectivity index (χ4n) is 4.33. The summed E-state index contributed by atoms with van der Waals surface area (Å²) in [5, 5.41) is 24.6. The molecule has 8 heteroatoms. The monoisotopic (exact) mass is 389 g/mol. The molecule has 0 amide bonds. The molecule has 2 aliphatic rings. The Kier molecular flexibility index (Phi) is 6.68. The summed E-state index contributed by atoms with van der Waals surface area (Å²) in [6.07, 6.45) is 5.01. The highest BCUT2D eigenvalue weighted by molar-refractivity contribution is 7.71. The molecule has 1 unspecified atom stereocenters. The topological polar surface area (TPSA) is 84.8 Å². The molecule has 2 aliphatic heterocycles. The van der Waals surface area contributed by atoms with Gasteiger partial charge in [-0.05, 0) is 69.4 Å². The van der Waals surface area contributed by atoms with E-state index < -0.39 is 0 Å². The van der Waals surface area contributed by atoms with Gasteiger partial charge in [-0.3, -0.25) is 5.41 Å². The second-order valence-electron chi connectivity index (χ2n) is 7.93. The SMILES string of the molecule is Cn1c(NCC2CCCN(CC3CCNCC3)C2)c(C#N)c(=N)n(C)c1=S. The molecule has 0 radical (unpaired) electrons. The molecule has 1 aromatic rings. The van der Waals surface area contributed by atoms with E-state index in [4.69, 9.17) is 17.6 Å². The third-order valence-corrected chi connectivity index (χ3v) is 6.51. The second-order valence-corrected chi connectivity index (χ2v) is 8.29. The van der Waals surface area contributed by atoms with Crippen molar-refractivity contribution in [2.75, 3.05) is 44.6 Å². The van der Waals surface area contributed by atoms with Crippen LogP contribution in [0.1, 0.15) is 31.2 Å². The lowest BCUT2D eigenvalue weighted by atomic mass is 9.93. The second kappa shape index (κ2) is 9.00. The molecule has 3 heterocycles. The molecule has 1 aromatic heterocycles. The Labute approximate surface area is 166 Å². The standard InChI is InChI=1S/C19H31N7S/c1-24-17(21)16(10-20)18(25(2)19(24)27)23-11-15-4-3-9-26(13-15)12-14-5-7-22-8-6-14/h14-15,21-23H,3-9,11-13H2,1-2H3. The van der Waals surface area contributed by atoms with Gasteiger partial charge in [-0.15, -0.1) is 0 Å². The van der Waals surface area contributed by atoms with E-state index in [-0.39, 0.29) is 5.49 Å². The maximum atomic E-state index is 9.52. The van der Waals surface area contributed by atoms with Gasteiger partial charge in [0.05, 0.1) is 0 Å². The van der Waals surface area contributed by atoms with Gasteiger partial charge in [0.1, 0.15) is 22.9 Å². The summed E-state index contributed by atoms with van der Waals surface area (Å²) in [7, 11) is 3.59. The summed E-state index contributed by atoms with van der Waals surface area (Å²) in [4.78, 5) is 2.62. The average Bonchev–Trinajstić information content (AvgIpc) is 2.69. The number of nitriles is 1. The number of rotatable bonds is 5. The molecule has 0 aliphatic carbocycles. The van der Waals surface area contributed by atoms with Crippen LogP contribution in [-0.4, -0.2) is 53.3 Å². The van der Waals surface area contributed by atoms with Crippen LogP contribution in [0.2, 0.25) is 0 Å². The number of nitrogens with one attached hydrogen (secondary N) is 3. The van der Waals surface area contributed by atoms with Gasteiger partial charge in [0, 0.05) is 33.7 Å². The van der Waals surface area contributed by atoms with Crippen LogP contribution in [0.15, 0.2) is 0 Å². The lowest BCUT2D eigenvalue weighted by Gasteiger charge is -2.36. The first-order valence-corrected chi connectivity index (χ1v) is 10.3. The smallest absolute Gasteiger partial charge is 0.182 e. The molecule has 148 valence electrons. The zero-order valence-electron chi connectivity index (χ0n) is 16.4. The van der Waals surface area contributed by atoms with Crippen molar-refractivity contribution in [2.24, 2.45) is 25.9 Å². The Balaban J connectivity index is 1.64. The summed E-state index contributed by atoms with van der Waals surface area (Å²) in [6.45, 7) is 6.64. The van der Waals surface area contributed by atoms with Gasteiger partial charge in [0.2, 0.25) is 0 Å². The Morgan fingerprint density at radius 2 is 1.96 bits per heavy atom. The van der Waals surface area contributed by atoms with E-state index in [1.54, 1.807) is 11.6 Å². The van der Waals surface area contributed by atoms with Crippen molar-refractivity contribution < 1.29 is 0 Å². The van der Waals surface area contributed by atoms with Crippen LogP contribution in [0.25, 0.3) is 0 Å². The van der Waals surface area contributed by atoms with Crippen LogP contribution >= 0.6 is 12.2 Å². The van der Waals surface area contributed by atoms with Crippen molar-refractivity contribution in [1.29, 1.82) is 10.7 Å².